The van der Waals surface area contributed by atoms with Gasteiger partial charge in [0.1, 0.15) is 0 Å². The number of benzene rings is 8. The highest BCUT2D eigenvalue weighted by atomic mass is 14.8. The van der Waals surface area contributed by atoms with Gasteiger partial charge in [0.05, 0.1) is 17.1 Å². The van der Waals surface area contributed by atoms with Gasteiger partial charge in [0.15, 0.2) is 0 Å². The molecule has 56 heavy (non-hydrogen) atoms. The maximum atomic E-state index is 4.99. The fourth-order valence-corrected chi connectivity index (χ4v) is 8.84. The van der Waals surface area contributed by atoms with Crippen molar-refractivity contribution in [1.29, 1.82) is 0 Å². The first-order valence-electron chi connectivity index (χ1n) is 19.2. The molecule has 2 heterocycles. The van der Waals surface area contributed by atoms with E-state index in [1.165, 1.54) is 82.7 Å². The zero-order valence-corrected chi connectivity index (χ0v) is 30.5. The molecule has 0 bridgehead atoms. The number of rotatable bonds is 6. The van der Waals surface area contributed by atoms with E-state index in [9.17, 15) is 0 Å². The van der Waals surface area contributed by atoms with Crippen molar-refractivity contribution in [2.24, 2.45) is 0 Å². The SMILES string of the molecule is c1ccc(-c2c3c(c(-c4ccccc4)c4ccccc24)-c2ccc(-c4cccc(-c5cccc(-c6cccc(-c7ccccn7)n6)c5)c4)c4cccc-3c24)cc1. The molecule has 2 nitrogen and oxygen atoms in total. The number of nitrogens with zero attached hydrogens (tertiary/aromatic N) is 2. The molecule has 0 saturated heterocycles. The van der Waals surface area contributed by atoms with E-state index in [1.54, 1.807) is 0 Å². The summed E-state index contributed by atoms with van der Waals surface area (Å²) >= 11 is 0. The van der Waals surface area contributed by atoms with Gasteiger partial charge in [-0.1, -0.05) is 164 Å². The number of aromatic nitrogens is 2. The maximum Gasteiger partial charge on any atom is 0.0893 e. The van der Waals surface area contributed by atoms with E-state index in [-0.39, 0.29) is 0 Å². The first-order valence-corrected chi connectivity index (χ1v) is 19.2. The van der Waals surface area contributed by atoms with Crippen LogP contribution >= 0.6 is 0 Å². The minimum absolute atomic E-state index is 0.865. The molecule has 2 aromatic heterocycles. The van der Waals surface area contributed by atoms with Crippen molar-refractivity contribution in [2.75, 3.05) is 0 Å². The molecule has 10 aromatic rings. The summed E-state index contributed by atoms with van der Waals surface area (Å²) in [7, 11) is 0. The highest BCUT2D eigenvalue weighted by Crippen LogP contribution is 2.58. The summed E-state index contributed by atoms with van der Waals surface area (Å²) in [6.45, 7) is 0. The molecule has 2 heteroatoms. The van der Waals surface area contributed by atoms with Gasteiger partial charge in [0.25, 0.3) is 0 Å². The Labute approximate surface area is 326 Å². The van der Waals surface area contributed by atoms with Gasteiger partial charge in [-0.05, 0) is 125 Å². The van der Waals surface area contributed by atoms with Gasteiger partial charge in [-0.25, -0.2) is 4.98 Å². The number of fused-ring (bicyclic) bond motifs is 4. The molecule has 1 aliphatic rings. The monoisotopic (exact) mass is 710 g/mol. The number of hydrogen-bond acceptors (Lipinski definition) is 2. The molecule has 0 fully saturated rings. The molecule has 1 aliphatic carbocycles. The predicted octanol–water partition coefficient (Wildman–Crippen LogP) is 14.4. The molecule has 11 rings (SSSR count). The second-order valence-electron chi connectivity index (χ2n) is 14.5. The summed E-state index contributed by atoms with van der Waals surface area (Å²) in [6, 6.07) is 72.1. The van der Waals surface area contributed by atoms with Crippen LogP contribution in [0.1, 0.15) is 0 Å². The topological polar surface area (TPSA) is 25.8 Å². The molecule has 0 aliphatic heterocycles. The summed E-state index contributed by atoms with van der Waals surface area (Å²) < 4.78 is 0. The van der Waals surface area contributed by atoms with E-state index in [0.717, 1.165) is 28.2 Å². The van der Waals surface area contributed by atoms with Crippen molar-refractivity contribution in [3.63, 3.8) is 0 Å². The molecule has 0 N–H and O–H groups in total. The fraction of sp³-hybridized carbons (Fsp3) is 0. The number of pyridine rings is 2. The first-order chi connectivity index (χ1) is 27.8. The predicted molar refractivity (Wildman–Crippen MR) is 234 cm³/mol. The van der Waals surface area contributed by atoms with E-state index >= 15 is 0 Å². The lowest BCUT2D eigenvalue weighted by Crippen LogP contribution is -1.93. The smallest absolute Gasteiger partial charge is 0.0893 e. The van der Waals surface area contributed by atoms with Gasteiger partial charge in [0.2, 0.25) is 0 Å². The lowest BCUT2D eigenvalue weighted by Gasteiger charge is -2.20. The van der Waals surface area contributed by atoms with Crippen LogP contribution in [0.25, 0.3) is 111 Å². The minimum atomic E-state index is 0.865. The Morgan fingerprint density at radius 1 is 0.268 bits per heavy atom. The minimum Gasteiger partial charge on any atom is -0.255 e. The second-order valence-corrected chi connectivity index (χ2v) is 14.5. The average molecular weight is 711 g/mol. The van der Waals surface area contributed by atoms with Gasteiger partial charge in [-0.3, -0.25) is 4.98 Å². The van der Waals surface area contributed by atoms with E-state index in [1.807, 2.05) is 30.5 Å². The molecule has 0 unspecified atom stereocenters. The van der Waals surface area contributed by atoms with Crippen molar-refractivity contribution < 1.29 is 0 Å². The lowest BCUT2D eigenvalue weighted by atomic mass is 9.82. The molecule has 8 aromatic carbocycles. The molecular weight excluding hydrogens is 677 g/mol. The lowest BCUT2D eigenvalue weighted by molar-refractivity contribution is 1.25. The van der Waals surface area contributed by atoms with Crippen LogP contribution in [0.2, 0.25) is 0 Å². The second kappa shape index (κ2) is 13.2. The third-order valence-corrected chi connectivity index (χ3v) is 11.3. The van der Waals surface area contributed by atoms with E-state index in [4.69, 9.17) is 4.98 Å². The Kier molecular flexibility index (Phi) is 7.53. The Morgan fingerprint density at radius 3 is 1.43 bits per heavy atom. The van der Waals surface area contributed by atoms with Crippen molar-refractivity contribution in [1.82, 2.24) is 9.97 Å². The normalized spacial score (nSPS) is 11.6. The van der Waals surface area contributed by atoms with Crippen molar-refractivity contribution in [3.8, 4) is 89.4 Å². The molecule has 0 atom stereocenters. The highest BCUT2D eigenvalue weighted by Gasteiger charge is 2.31. The van der Waals surface area contributed by atoms with Crippen LogP contribution in [0.5, 0.6) is 0 Å². The zero-order valence-electron chi connectivity index (χ0n) is 30.5. The Hall–Kier alpha value is -7.42. The Morgan fingerprint density at radius 2 is 0.750 bits per heavy atom. The summed E-state index contributed by atoms with van der Waals surface area (Å²) in [6.07, 6.45) is 1.81. The van der Waals surface area contributed by atoms with Crippen LogP contribution < -0.4 is 0 Å². The van der Waals surface area contributed by atoms with Crippen molar-refractivity contribution >= 4 is 21.5 Å². The van der Waals surface area contributed by atoms with E-state index in [2.05, 4.69) is 181 Å². The van der Waals surface area contributed by atoms with Crippen LogP contribution in [0.4, 0.5) is 0 Å². The number of hydrogen-bond donors (Lipinski definition) is 0. The largest absolute Gasteiger partial charge is 0.255 e. The standard InChI is InChI=1S/C54H34N2/c1-3-15-35(16-4-1)50-43-23-7-8-24-44(43)51(36-17-5-2-6-18-36)54-46-31-30-41(42-25-13-26-45(52(42)46)53(50)54)39-21-11-19-37(33-39)38-20-12-22-40(34-38)47-28-14-29-49(56-47)48-27-9-10-32-55-48/h1-34H. The summed E-state index contributed by atoms with van der Waals surface area (Å²) in [5, 5.41) is 5.13. The third kappa shape index (κ3) is 5.19. The molecule has 0 spiro atoms. The van der Waals surface area contributed by atoms with Gasteiger partial charge in [-0.15, -0.1) is 0 Å². The van der Waals surface area contributed by atoms with E-state index in [0.29, 0.717) is 0 Å². The molecule has 0 saturated carbocycles. The third-order valence-electron chi connectivity index (χ3n) is 11.3. The summed E-state index contributed by atoms with van der Waals surface area (Å²) in [5.41, 5.74) is 18.8. The Bertz CT molecular complexity index is 3020. The van der Waals surface area contributed by atoms with Crippen LogP contribution in [0, 0.1) is 0 Å². The zero-order chi connectivity index (χ0) is 37.0. The molecular formula is C54H34N2. The van der Waals surface area contributed by atoms with Crippen LogP contribution in [-0.2, 0) is 0 Å². The average Bonchev–Trinajstić information content (AvgIpc) is 3.61. The van der Waals surface area contributed by atoms with E-state index < -0.39 is 0 Å². The highest BCUT2D eigenvalue weighted by molar-refractivity contribution is 6.28. The quantitative estimate of drug-likeness (QED) is 0.172. The summed E-state index contributed by atoms with van der Waals surface area (Å²) in [4.78, 5) is 9.51. The van der Waals surface area contributed by atoms with Crippen LogP contribution in [0.15, 0.2) is 206 Å². The van der Waals surface area contributed by atoms with Crippen LogP contribution in [-0.4, -0.2) is 9.97 Å². The van der Waals surface area contributed by atoms with Crippen LogP contribution in [0.3, 0.4) is 0 Å². The fourth-order valence-electron chi connectivity index (χ4n) is 8.84. The summed E-state index contributed by atoms with van der Waals surface area (Å²) in [5.74, 6) is 0. The molecule has 260 valence electrons. The van der Waals surface area contributed by atoms with Gasteiger partial charge < -0.3 is 0 Å². The van der Waals surface area contributed by atoms with Gasteiger partial charge >= 0.3 is 0 Å². The maximum absolute atomic E-state index is 4.99. The van der Waals surface area contributed by atoms with Crippen molar-refractivity contribution in [2.45, 2.75) is 0 Å². The first kappa shape index (κ1) is 32.0. The van der Waals surface area contributed by atoms with Gasteiger partial charge in [0, 0.05) is 11.8 Å². The Balaban J connectivity index is 1.08. The van der Waals surface area contributed by atoms with Gasteiger partial charge in [-0.2, -0.15) is 0 Å². The molecule has 0 amide bonds. The van der Waals surface area contributed by atoms with Crippen molar-refractivity contribution in [3.05, 3.63) is 206 Å². The molecule has 0 radical (unpaired) electrons.